The molecule has 5 heteroatoms. The van der Waals surface area contributed by atoms with E-state index in [1.165, 1.54) is 31.7 Å². The summed E-state index contributed by atoms with van der Waals surface area (Å²) in [4.78, 5) is 4.73. The molecule has 0 amide bonds. The van der Waals surface area contributed by atoms with Crippen LogP contribution in [-0.2, 0) is 7.05 Å². The second kappa shape index (κ2) is 5.20. The van der Waals surface area contributed by atoms with E-state index in [1.54, 1.807) is 12.1 Å². The smallest absolute Gasteiger partial charge is 0.137 e. The highest BCUT2D eigenvalue weighted by Crippen LogP contribution is 2.37. The van der Waals surface area contributed by atoms with Crippen LogP contribution in [-0.4, -0.2) is 9.55 Å². The van der Waals surface area contributed by atoms with Gasteiger partial charge in [-0.05, 0) is 47.0 Å². The summed E-state index contributed by atoms with van der Waals surface area (Å²) in [5.41, 5.74) is 7.77. The first-order chi connectivity index (χ1) is 9.58. The largest absolute Gasteiger partial charge is 0.383 e. The minimum Gasteiger partial charge on any atom is -0.383 e. The van der Waals surface area contributed by atoms with Gasteiger partial charge in [-0.25, -0.2) is 9.37 Å². The van der Waals surface area contributed by atoms with Crippen LogP contribution in [0.2, 0.25) is 0 Å². The van der Waals surface area contributed by atoms with Crippen LogP contribution in [0.3, 0.4) is 0 Å². The molecule has 3 nitrogen and oxygen atoms in total. The van der Waals surface area contributed by atoms with Gasteiger partial charge >= 0.3 is 0 Å². The maximum Gasteiger partial charge on any atom is 0.137 e. The highest BCUT2D eigenvalue weighted by Gasteiger charge is 2.24. The lowest BCUT2D eigenvalue weighted by Gasteiger charge is -2.08. The van der Waals surface area contributed by atoms with Gasteiger partial charge in [0.05, 0.1) is 4.47 Å². The van der Waals surface area contributed by atoms with Crippen molar-refractivity contribution in [2.24, 2.45) is 7.05 Å². The number of nitrogens with two attached hydrogens (primary N) is 1. The Labute approximate surface area is 126 Å². The second-order valence-corrected chi connectivity index (χ2v) is 6.23. The second-order valence-electron chi connectivity index (χ2n) is 5.37. The zero-order valence-corrected chi connectivity index (χ0v) is 13.0. The van der Waals surface area contributed by atoms with Crippen molar-refractivity contribution in [3.8, 4) is 11.3 Å². The van der Waals surface area contributed by atoms with E-state index in [9.17, 15) is 4.39 Å². The highest BCUT2D eigenvalue weighted by molar-refractivity contribution is 9.10. The van der Waals surface area contributed by atoms with E-state index in [0.717, 1.165) is 17.1 Å². The molecule has 1 aromatic carbocycles. The number of anilines is 1. The number of rotatable bonds is 2. The summed E-state index contributed by atoms with van der Waals surface area (Å²) in [6.45, 7) is 0. The van der Waals surface area contributed by atoms with E-state index in [4.69, 9.17) is 10.7 Å². The van der Waals surface area contributed by atoms with Crippen LogP contribution in [0.5, 0.6) is 0 Å². The van der Waals surface area contributed by atoms with E-state index in [1.807, 2.05) is 11.6 Å². The standard InChI is InChI=1S/C15H17BrFN3/c1-20-14(18)13(10-6-7-12(17)11(16)8-10)19-15(20)9-4-2-3-5-9/h6-9H,2-5,18H2,1H3. The van der Waals surface area contributed by atoms with Crippen molar-refractivity contribution in [1.29, 1.82) is 0 Å². The van der Waals surface area contributed by atoms with E-state index >= 15 is 0 Å². The fourth-order valence-electron chi connectivity index (χ4n) is 2.93. The third-order valence-electron chi connectivity index (χ3n) is 4.09. The lowest BCUT2D eigenvalue weighted by atomic mass is 10.1. The number of nitrogen functional groups attached to an aromatic ring is 1. The molecule has 3 rings (SSSR count). The molecule has 0 unspecified atom stereocenters. The molecule has 2 N–H and O–H groups in total. The molecule has 1 saturated carbocycles. The summed E-state index contributed by atoms with van der Waals surface area (Å²) in [5, 5.41) is 0. The van der Waals surface area contributed by atoms with Crippen molar-refractivity contribution in [2.75, 3.05) is 5.73 Å². The molecule has 0 spiro atoms. The van der Waals surface area contributed by atoms with Crippen LogP contribution in [0.15, 0.2) is 22.7 Å². The molecule has 0 bridgehead atoms. The van der Waals surface area contributed by atoms with Crippen molar-refractivity contribution >= 4 is 21.7 Å². The van der Waals surface area contributed by atoms with Crippen LogP contribution < -0.4 is 5.73 Å². The number of hydrogen-bond acceptors (Lipinski definition) is 2. The molecule has 106 valence electrons. The molecule has 0 atom stereocenters. The summed E-state index contributed by atoms with van der Waals surface area (Å²) in [6.07, 6.45) is 4.87. The lowest BCUT2D eigenvalue weighted by molar-refractivity contribution is 0.621. The van der Waals surface area contributed by atoms with Crippen molar-refractivity contribution in [3.05, 3.63) is 34.3 Å². The molecule has 0 aliphatic heterocycles. The highest BCUT2D eigenvalue weighted by atomic mass is 79.9. The fraction of sp³-hybridized carbons (Fsp3) is 0.400. The Balaban J connectivity index is 2.05. The first kappa shape index (κ1) is 13.6. The van der Waals surface area contributed by atoms with Gasteiger partial charge in [0.15, 0.2) is 0 Å². The molecule has 1 fully saturated rings. The normalized spacial score (nSPS) is 15.9. The predicted octanol–water partition coefficient (Wildman–Crippen LogP) is 4.23. The first-order valence-electron chi connectivity index (χ1n) is 6.85. The Kier molecular flexibility index (Phi) is 3.54. The monoisotopic (exact) mass is 337 g/mol. The van der Waals surface area contributed by atoms with Gasteiger partial charge in [-0.2, -0.15) is 0 Å². The molecule has 2 aromatic rings. The predicted molar refractivity (Wildman–Crippen MR) is 81.9 cm³/mol. The van der Waals surface area contributed by atoms with E-state index in [0.29, 0.717) is 16.2 Å². The molecule has 1 heterocycles. The summed E-state index contributed by atoms with van der Waals surface area (Å²) >= 11 is 3.21. The third-order valence-corrected chi connectivity index (χ3v) is 4.70. The maximum atomic E-state index is 13.3. The topological polar surface area (TPSA) is 43.8 Å². The minimum absolute atomic E-state index is 0.278. The Morgan fingerprint density at radius 2 is 2.05 bits per heavy atom. The molecule has 20 heavy (non-hydrogen) atoms. The molecular formula is C15H17BrFN3. The Morgan fingerprint density at radius 3 is 2.70 bits per heavy atom. The zero-order chi connectivity index (χ0) is 14.3. The Hall–Kier alpha value is -1.36. The van der Waals surface area contributed by atoms with Crippen LogP contribution in [0, 0.1) is 5.82 Å². The quantitative estimate of drug-likeness (QED) is 0.891. The van der Waals surface area contributed by atoms with Crippen LogP contribution in [0.1, 0.15) is 37.4 Å². The van der Waals surface area contributed by atoms with Crippen molar-refractivity contribution in [2.45, 2.75) is 31.6 Å². The van der Waals surface area contributed by atoms with Gasteiger partial charge in [0, 0.05) is 18.5 Å². The first-order valence-corrected chi connectivity index (χ1v) is 7.64. The van der Waals surface area contributed by atoms with E-state index in [-0.39, 0.29) is 5.82 Å². The fourth-order valence-corrected chi connectivity index (χ4v) is 3.31. The zero-order valence-electron chi connectivity index (χ0n) is 11.4. The van der Waals surface area contributed by atoms with Gasteiger partial charge in [0.1, 0.15) is 23.2 Å². The van der Waals surface area contributed by atoms with Crippen molar-refractivity contribution in [3.63, 3.8) is 0 Å². The van der Waals surface area contributed by atoms with Gasteiger partial charge in [-0.1, -0.05) is 12.8 Å². The molecule has 1 aliphatic rings. The molecular weight excluding hydrogens is 321 g/mol. The van der Waals surface area contributed by atoms with Gasteiger partial charge in [-0.15, -0.1) is 0 Å². The average molecular weight is 338 g/mol. The third kappa shape index (κ3) is 2.24. The van der Waals surface area contributed by atoms with Gasteiger partial charge in [0.25, 0.3) is 0 Å². The van der Waals surface area contributed by atoms with Crippen molar-refractivity contribution < 1.29 is 4.39 Å². The summed E-state index contributed by atoms with van der Waals surface area (Å²) in [5.74, 6) is 1.92. The lowest BCUT2D eigenvalue weighted by Crippen LogP contribution is -2.05. The molecule has 1 aromatic heterocycles. The molecule has 0 saturated heterocycles. The number of hydrogen-bond donors (Lipinski definition) is 1. The van der Waals surface area contributed by atoms with Crippen LogP contribution in [0.4, 0.5) is 10.2 Å². The van der Waals surface area contributed by atoms with Crippen LogP contribution in [0.25, 0.3) is 11.3 Å². The summed E-state index contributed by atoms with van der Waals surface area (Å²) in [6, 6.07) is 4.88. The Morgan fingerprint density at radius 1 is 1.35 bits per heavy atom. The maximum absolute atomic E-state index is 13.3. The van der Waals surface area contributed by atoms with E-state index < -0.39 is 0 Å². The van der Waals surface area contributed by atoms with Gasteiger partial charge < -0.3 is 10.3 Å². The average Bonchev–Trinajstić information content (AvgIpc) is 3.04. The summed E-state index contributed by atoms with van der Waals surface area (Å²) < 4.78 is 15.7. The van der Waals surface area contributed by atoms with Gasteiger partial charge in [-0.3, -0.25) is 0 Å². The number of benzene rings is 1. The van der Waals surface area contributed by atoms with Crippen LogP contribution >= 0.6 is 15.9 Å². The minimum atomic E-state index is -0.278. The molecule has 1 aliphatic carbocycles. The van der Waals surface area contributed by atoms with Gasteiger partial charge in [0.2, 0.25) is 0 Å². The summed E-state index contributed by atoms with van der Waals surface area (Å²) in [7, 11) is 1.96. The number of aromatic nitrogens is 2. The number of halogens is 2. The SMILES string of the molecule is Cn1c(C2CCCC2)nc(-c2ccc(F)c(Br)c2)c1N. The van der Waals surface area contributed by atoms with E-state index in [2.05, 4.69) is 15.9 Å². The van der Waals surface area contributed by atoms with Crippen molar-refractivity contribution in [1.82, 2.24) is 9.55 Å². The number of imidazole rings is 1. The Bertz CT molecular complexity index is 645. The number of nitrogens with zero attached hydrogens (tertiary/aromatic N) is 2. The molecule has 0 radical (unpaired) electrons.